The number of sulfonamides is 1. The minimum Gasteiger partial charge on any atom is -0.366 e. The summed E-state index contributed by atoms with van der Waals surface area (Å²) in [6.07, 6.45) is 1.26. The van der Waals surface area contributed by atoms with E-state index in [2.05, 4.69) is 31.0 Å². The van der Waals surface area contributed by atoms with Crippen molar-refractivity contribution in [2.75, 3.05) is 12.4 Å². The molecular formula is C13H13BrFN3O2S. The first-order valence-electron chi connectivity index (χ1n) is 6.00. The van der Waals surface area contributed by atoms with Crippen molar-refractivity contribution in [1.82, 2.24) is 9.71 Å². The van der Waals surface area contributed by atoms with Crippen molar-refractivity contribution in [3.63, 3.8) is 0 Å². The van der Waals surface area contributed by atoms with Gasteiger partial charge in [-0.15, -0.1) is 0 Å². The van der Waals surface area contributed by atoms with Gasteiger partial charge in [-0.1, -0.05) is 6.07 Å². The van der Waals surface area contributed by atoms with E-state index >= 15 is 0 Å². The normalized spacial score (nSPS) is 11.4. The number of anilines is 1. The Morgan fingerprint density at radius 3 is 2.62 bits per heavy atom. The fourth-order valence-corrected chi connectivity index (χ4v) is 2.52. The number of aromatic nitrogens is 1. The molecule has 0 aliphatic heterocycles. The maximum Gasteiger partial charge on any atom is 0.241 e. The zero-order valence-electron chi connectivity index (χ0n) is 11.1. The molecule has 8 heteroatoms. The quantitative estimate of drug-likeness (QED) is 0.844. The van der Waals surface area contributed by atoms with E-state index in [0.29, 0.717) is 16.8 Å². The van der Waals surface area contributed by atoms with Crippen LogP contribution in [0.5, 0.6) is 0 Å². The van der Waals surface area contributed by atoms with Gasteiger partial charge in [0.2, 0.25) is 10.0 Å². The summed E-state index contributed by atoms with van der Waals surface area (Å²) in [4.78, 5) is 4.10. The van der Waals surface area contributed by atoms with Crippen LogP contribution in [0.2, 0.25) is 0 Å². The van der Waals surface area contributed by atoms with E-state index in [1.807, 2.05) is 0 Å². The molecule has 0 fully saturated rings. The third-order valence-electron chi connectivity index (χ3n) is 2.77. The zero-order valence-corrected chi connectivity index (χ0v) is 13.5. The summed E-state index contributed by atoms with van der Waals surface area (Å²) in [5, 5.41) is 3.00. The molecule has 112 valence electrons. The van der Waals surface area contributed by atoms with Crippen molar-refractivity contribution in [1.29, 1.82) is 0 Å². The van der Waals surface area contributed by atoms with Crippen LogP contribution in [-0.2, 0) is 16.6 Å². The second-order valence-electron chi connectivity index (χ2n) is 4.19. The van der Waals surface area contributed by atoms with E-state index in [1.54, 1.807) is 18.2 Å². The molecular weight excluding hydrogens is 361 g/mol. The molecule has 2 rings (SSSR count). The molecule has 0 bridgehead atoms. The molecule has 0 unspecified atom stereocenters. The molecule has 0 aliphatic carbocycles. The molecule has 1 aromatic heterocycles. The first-order valence-corrected chi connectivity index (χ1v) is 8.27. The highest BCUT2D eigenvalue weighted by Gasteiger charge is 2.11. The number of halogens is 2. The minimum atomic E-state index is -3.49. The smallest absolute Gasteiger partial charge is 0.241 e. The fraction of sp³-hybridized carbons (Fsp3) is 0.154. The number of rotatable bonds is 5. The Morgan fingerprint density at radius 1 is 1.29 bits per heavy atom. The van der Waals surface area contributed by atoms with Gasteiger partial charge in [-0.2, -0.15) is 0 Å². The number of nitrogens with one attached hydrogen (secondary N) is 2. The summed E-state index contributed by atoms with van der Waals surface area (Å²) in [6, 6.07) is 7.82. The van der Waals surface area contributed by atoms with E-state index in [-0.39, 0.29) is 10.7 Å². The molecule has 5 nitrogen and oxygen atoms in total. The Balaban J connectivity index is 2.05. The maximum absolute atomic E-state index is 13.4. The van der Waals surface area contributed by atoms with Crippen LogP contribution in [0, 0.1) is 5.82 Å². The SMILES string of the molecule is CNS(=O)(=O)c1ccc(NCc2ccc(Br)c(F)c2)nc1. The van der Waals surface area contributed by atoms with Gasteiger partial charge in [-0.3, -0.25) is 0 Å². The van der Waals surface area contributed by atoms with Crippen molar-refractivity contribution in [2.24, 2.45) is 0 Å². The number of benzene rings is 1. The predicted molar refractivity (Wildman–Crippen MR) is 81.9 cm³/mol. The Labute approximate surface area is 130 Å². The molecule has 2 aromatic rings. The number of hydrogen-bond acceptors (Lipinski definition) is 4. The molecule has 0 radical (unpaired) electrons. The van der Waals surface area contributed by atoms with Gasteiger partial charge in [-0.05, 0) is 52.8 Å². The molecule has 21 heavy (non-hydrogen) atoms. The topological polar surface area (TPSA) is 71.1 Å². The van der Waals surface area contributed by atoms with E-state index in [9.17, 15) is 12.8 Å². The van der Waals surface area contributed by atoms with Crippen LogP contribution >= 0.6 is 15.9 Å². The molecule has 0 amide bonds. The highest BCUT2D eigenvalue weighted by molar-refractivity contribution is 9.10. The number of nitrogens with zero attached hydrogens (tertiary/aromatic N) is 1. The van der Waals surface area contributed by atoms with Gasteiger partial charge < -0.3 is 5.32 Å². The van der Waals surface area contributed by atoms with Gasteiger partial charge in [0.05, 0.1) is 4.47 Å². The Hall–Kier alpha value is -1.51. The van der Waals surface area contributed by atoms with Gasteiger partial charge in [0.15, 0.2) is 0 Å². The lowest BCUT2D eigenvalue weighted by atomic mass is 10.2. The third-order valence-corrected chi connectivity index (χ3v) is 4.82. The molecule has 1 heterocycles. The first kappa shape index (κ1) is 15.9. The van der Waals surface area contributed by atoms with E-state index < -0.39 is 10.0 Å². The highest BCUT2D eigenvalue weighted by Crippen LogP contribution is 2.17. The summed E-state index contributed by atoms with van der Waals surface area (Å²) in [5.41, 5.74) is 0.754. The van der Waals surface area contributed by atoms with Crippen LogP contribution in [0.3, 0.4) is 0 Å². The van der Waals surface area contributed by atoms with Crippen LogP contribution in [0.15, 0.2) is 45.9 Å². The lowest BCUT2D eigenvalue weighted by Crippen LogP contribution is -2.18. The summed E-state index contributed by atoms with van der Waals surface area (Å²) < 4.78 is 39.1. The summed E-state index contributed by atoms with van der Waals surface area (Å²) in [7, 11) is -2.15. The molecule has 1 aromatic carbocycles. The average Bonchev–Trinajstić information content (AvgIpc) is 2.49. The molecule has 0 spiro atoms. The molecule has 2 N–H and O–H groups in total. The van der Waals surface area contributed by atoms with E-state index in [4.69, 9.17) is 0 Å². The summed E-state index contributed by atoms with van der Waals surface area (Å²) in [6.45, 7) is 0.384. The van der Waals surface area contributed by atoms with Crippen LogP contribution in [0.25, 0.3) is 0 Å². The van der Waals surface area contributed by atoms with Gasteiger partial charge >= 0.3 is 0 Å². The molecule has 0 aliphatic rings. The van der Waals surface area contributed by atoms with Gasteiger partial charge in [0, 0.05) is 12.7 Å². The maximum atomic E-state index is 13.4. The van der Waals surface area contributed by atoms with Crippen molar-refractivity contribution in [2.45, 2.75) is 11.4 Å². The average molecular weight is 374 g/mol. The van der Waals surface area contributed by atoms with Crippen molar-refractivity contribution in [3.05, 3.63) is 52.4 Å². The molecule has 0 atom stereocenters. The van der Waals surface area contributed by atoms with Crippen LogP contribution in [0.1, 0.15) is 5.56 Å². The monoisotopic (exact) mass is 373 g/mol. The zero-order chi connectivity index (χ0) is 15.5. The second kappa shape index (κ2) is 6.50. The molecule has 0 saturated heterocycles. The van der Waals surface area contributed by atoms with Crippen LogP contribution in [0.4, 0.5) is 10.2 Å². The lowest BCUT2D eigenvalue weighted by molar-refractivity contribution is 0.588. The molecule has 0 saturated carbocycles. The number of hydrogen-bond donors (Lipinski definition) is 2. The second-order valence-corrected chi connectivity index (χ2v) is 6.93. The van der Waals surface area contributed by atoms with Crippen molar-refractivity contribution >= 4 is 31.8 Å². The van der Waals surface area contributed by atoms with Crippen LogP contribution < -0.4 is 10.0 Å². The third kappa shape index (κ3) is 3.99. The minimum absolute atomic E-state index is 0.0882. The predicted octanol–water partition coefficient (Wildman–Crippen LogP) is 2.50. The van der Waals surface area contributed by atoms with Crippen molar-refractivity contribution < 1.29 is 12.8 Å². The van der Waals surface area contributed by atoms with E-state index in [1.165, 1.54) is 25.4 Å². The van der Waals surface area contributed by atoms with Gasteiger partial charge in [0.25, 0.3) is 0 Å². The van der Waals surface area contributed by atoms with Crippen LogP contribution in [-0.4, -0.2) is 20.4 Å². The summed E-state index contributed by atoms with van der Waals surface area (Å²) in [5.74, 6) is 0.172. The Kier molecular flexibility index (Phi) is 4.92. The number of pyridine rings is 1. The fourth-order valence-electron chi connectivity index (χ4n) is 1.60. The Bertz CT molecular complexity index is 736. The Morgan fingerprint density at radius 2 is 2.05 bits per heavy atom. The lowest BCUT2D eigenvalue weighted by Gasteiger charge is -2.07. The van der Waals surface area contributed by atoms with Gasteiger partial charge in [-0.25, -0.2) is 22.5 Å². The van der Waals surface area contributed by atoms with E-state index in [0.717, 1.165) is 5.56 Å². The summed E-state index contributed by atoms with van der Waals surface area (Å²) >= 11 is 3.09. The standard InChI is InChI=1S/C13H13BrFN3O2S/c1-16-21(19,20)10-3-5-13(18-8-10)17-7-9-2-4-11(14)12(15)6-9/h2-6,8,16H,7H2,1H3,(H,17,18). The first-order chi connectivity index (χ1) is 9.92. The van der Waals surface area contributed by atoms with Crippen molar-refractivity contribution in [3.8, 4) is 0 Å². The largest absolute Gasteiger partial charge is 0.366 e. The highest BCUT2D eigenvalue weighted by atomic mass is 79.9. The van der Waals surface area contributed by atoms with Gasteiger partial charge in [0.1, 0.15) is 16.5 Å².